The van der Waals surface area contributed by atoms with Gasteiger partial charge in [-0.2, -0.15) is 0 Å². The highest BCUT2D eigenvalue weighted by Gasteiger charge is 2.26. The fourth-order valence-corrected chi connectivity index (χ4v) is 3.12. The number of rotatable bonds is 4. The molecule has 2 aromatic carbocycles. The molecule has 0 saturated carbocycles. The van der Waals surface area contributed by atoms with Crippen LogP contribution in [-0.2, 0) is 9.59 Å². The van der Waals surface area contributed by atoms with Gasteiger partial charge in [-0.25, -0.2) is 0 Å². The number of carbonyl (C=O) groups is 2. The molecule has 0 amide bonds. The second-order valence-electron chi connectivity index (χ2n) is 6.49. The second kappa shape index (κ2) is 8.22. The molecule has 4 rings (SSSR count). The van der Waals surface area contributed by atoms with Crippen LogP contribution in [0.2, 0.25) is 0 Å². The number of esters is 2. The average Bonchev–Trinajstić information content (AvgIpc) is 2.65. The molecule has 0 saturated heterocycles. The van der Waals surface area contributed by atoms with Crippen LogP contribution in [-0.4, -0.2) is 26.2 Å². The minimum Gasteiger partial charge on any atom is -0.490 e. The molecule has 0 atom stereocenters. The monoisotopic (exact) mass is 394 g/mol. The van der Waals surface area contributed by atoms with Gasteiger partial charge in [0, 0.05) is 24.6 Å². The maximum atomic E-state index is 11.5. The summed E-state index contributed by atoms with van der Waals surface area (Å²) in [5, 5.41) is 1.21. The van der Waals surface area contributed by atoms with Crippen molar-refractivity contribution < 1.29 is 28.5 Å². The molecule has 2 aliphatic carbocycles. The molecule has 0 N–H and O–H groups in total. The van der Waals surface area contributed by atoms with Gasteiger partial charge in [0.15, 0.2) is 11.5 Å². The number of methoxy groups -OCH3 is 2. The molecule has 0 fully saturated rings. The van der Waals surface area contributed by atoms with Crippen molar-refractivity contribution in [2.45, 2.75) is 20.8 Å². The van der Waals surface area contributed by atoms with Crippen molar-refractivity contribution in [2.24, 2.45) is 0 Å². The van der Waals surface area contributed by atoms with Crippen LogP contribution in [0.3, 0.4) is 0 Å². The van der Waals surface area contributed by atoms with E-state index in [9.17, 15) is 9.59 Å². The summed E-state index contributed by atoms with van der Waals surface area (Å²) in [5.41, 5.74) is 3.69. The Morgan fingerprint density at radius 1 is 0.690 bits per heavy atom. The smallest absolute Gasteiger partial charge is 0.308 e. The molecule has 0 spiro atoms. The zero-order valence-corrected chi connectivity index (χ0v) is 17.0. The van der Waals surface area contributed by atoms with Crippen LogP contribution in [0, 0.1) is 6.92 Å². The Kier molecular flexibility index (Phi) is 5.73. The van der Waals surface area contributed by atoms with E-state index in [0.717, 1.165) is 5.56 Å². The van der Waals surface area contributed by atoms with Gasteiger partial charge >= 0.3 is 11.9 Å². The number of hydrogen-bond acceptors (Lipinski definition) is 6. The first-order valence-corrected chi connectivity index (χ1v) is 9.01. The first-order chi connectivity index (χ1) is 13.9. The maximum absolute atomic E-state index is 11.5. The molecule has 6 nitrogen and oxygen atoms in total. The van der Waals surface area contributed by atoms with Gasteiger partial charge in [-0.05, 0) is 23.6 Å². The molecule has 2 aromatic rings. The van der Waals surface area contributed by atoms with Gasteiger partial charge in [0.1, 0.15) is 0 Å². The lowest BCUT2D eigenvalue weighted by Crippen LogP contribution is -2.08. The number of ether oxygens (including phenoxy) is 4. The Morgan fingerprint density at radius 3 is 1.59 bits per heavy atom. The lowest BCUT2D eigenvalue weighted by molar-refractivity contribution is -0.133. The van der Waals surface area contributed by atoms with Gasteiger partial charge in [-0.3, -0.25) is 9.59 Å². The van der Waals surface area contributed by atoms with Crippen molar-refractivity contribution in [3.63, 3.8) is 0 Å². The molecule has 0 radical (unpaired) electrons. The Balaban J connectivity index is 0.000000334. The van der Waals surface area contributed by atoms with Crippen molar-refractivity contribution >= 4 is 22.7 Å². The van der Waals surface area contributed by atoms with Crippen molar-refractivity contribution in [3.05, 3.63) is 48.0 Å². The topological polar surface area (TPSA) is 71.1 Å². The summed E-state index contributed by atoms with van der Waals surface area (Å²) in [5.74, 6) is -0.131. The van der Waals surface area contributed by atoms with Gasteiger partial charge in [-0.15, -0.1) is 0 Å². The van der Waals surface area contributed by atoms with E-state index in [2.05, 4.69) is 24.3 Å². The van der Waals surface area contributed by atoms with Gasteiger partial charge < -0.3 is 18.9 Å². The quantitative estimate of drug-likeness (QED) is 0.370. The minimum absolute atomic E-state index is 0.192. The van der Waals surface area contributed by atoms with Crippen LogP contribution in [0.15, 0.2) is 42.5 Å². The minimum atomic E-state index is -0.492. The lowest BCUT2D eigenvalue weighted by atomic mass is 9.95. The van der Waals surface area contributed by atoms with Crippen LogP contribution >= 0.6 is 0 Å². The summed E-state index contributed by atoms with van der Waals surface area (Å²) in [4.78, 5) is 23.0. The largest absolute Gasteiger partial charge is 0.490 e. The summed E-state index contributed by atoms with van der Waals surface area (Å²) in [6, 6.07) is 13.9. The third-order valence-electron chi connectivity index (χ3n) is 4.48. The second-order valence-corrected chi connectivity index (χ2v) is 6.49. The Morgan fingerprint density at radius 2 is 1.17 bits per heavy atom. The fourth-order valence-electron chi connectivity index (χ4n) is 3.12. The molecule has 150 valence electrons. The number of carbonyl (C=O) groups excluding carboxylic acids is 2. The van der Waals surface area contributed by atoms with Crippen LogP contribution < -0.4 is 18.9 Å². The molecule has 29 heavy (non-hydrogen) atoms. The summed E-state index contributed by atoms with van der Waals surface area (Å²) in [6.45, 7) is 4.46. The third kappa shape index (κ3) is 3.87. The van der Waals surface area contributed by atoms with E-state index in [4.69, 9.17) is 18.9 Å². The van der Waals surface area contributed by atoms with Gasteiger partial charge in [0.25, 0.3) is 0 Å². The Labute approximate surface area is 169 Å². The van der Waals surface area contributed by atoms with Crippen molar-refractivity contribution in [3.8, 4) is 34.1 Å². The zero-order chi connectivity index (χ0) is 21.1. The van der Waals surface area contributed by atoms with E-state index in [1.807, 2.05) is 19.1 Å². The molecule has 6 heteroatoms. The van der Waals surface area contributed by atoms with E-state index in [0.29, 0.717) is 10.8 Å². The summed E-state index contributed by atoms with van der Waals surface area (Å²) in [6.07, 6.45) is 0. The highest BCUT2D eigenvalue weighted by molar-refractivity contribution is 6.02. The number of fused-ring (bicyclic) bond motifs is 2. The number of benzene rings is 3. The standard InChI is InChI=1S/C17H18O6.C6H4/c1-9-7-6-8-12-13(9)15(23-11(3)19)17(21-5)16(20-4)14(12)22-10(2)18;1-2-6-4-3-5(1)6/h6-8H,1-5H3;1-4H. The van der Waals surface area contributed by atoms with E-state index >= 15 is 0 Å². The summed E-state index contributed by atoms with van der Waals surface area (Å²) in [7, 11) is 2.84. The molecular weight excluding hydrogens is 372 g/mol. The number of hydrogen-bond donors (Lipinski definition) is 0. The molecule has 2 aliphatic rings. The third-order valence-corrected chi connectivity index (χ3v) is 4.48. The predicted octanol–water partition coefficient (Wildman–Crippen LogP) is 4.68. The van der Waals surface area contributed by atoms with E-state index in [1.165, 1.54) is 39.2 Å². The predicted molar refractivity (Wildman–Crippen MR) is 110 cm³/mol. The SMILES string of the molecule is COc1c(OC)c(OC(C)=O)c2c(C)cccc2c1OC(C)=O.c1cc2ccc1-2. The normalized spacial score (nSPS) is 10.5. The zero-order valence-electron chi connectivity index (χ0n) is 17.0. The first kappa shape index (κ1) is 20.2. The molecular formula is C23H22O6. The van der Waals surface area contributed by atoms with Crippen molar-refractivity contribution in [1.29, 1.82) is 0 Å². The Bertz CT molecular complexity index is 1060. The van der Waals surface area contributed by atoms with Gasteiger partial charge in [-0.1, -0.05) is 42.5 Å². The lowest BCUT2D eigenvalue weighted by Gasteiger charge is -2.19. The highest BCUT2D eigenvalue weighted by Crippen LogP contribution is 2.51. The fraction of sp³-hybridized carbons (Fsp3) is 0.217. The molecule has 0 aliphatic heterocycles. The van der Waals surface area contributed by atoms with Crippen LogP contribution in [0.1, 0.15) is 19.4 Å². The summed E-state index contributed by atoms with van der Waals surface area (Å²) < 4.78 is 21.4. The van der Waals surface area contributed by atoms with E-state index < -0.39 is 11.9 Å². The van der Waals surface area contributed by atoms with Gasteiger partial charge in [0.2, 0.25) is 11.5 Å². The average molecular weight is 394 g/mol. The first-order valence-electron chi connectivity index (χ1n) is 9.01. The van der Waals surface area contributed by atoms with Crippen LogP contribution in [0.5, 0.6) is 23.0 Å². The van der Waals surface area contributed by atoms with Gasteiger partial charge in [0.05, 0.1) is 14.2 Å². The molecule has 0 aromatic heterocycles. The molecule has 0 heterocycles. The van der Waals surface area contributed by atoms with E-state index in [1.54, 1.807) is 6.07 Å². The molecule has 0 bridgehead atoms. The van der Waals surface area contributed by atoms with Crippen molar-refractivity contribution in [1.82, 2.24) is 0 Å². The van der Waals surface area contributed by atoms with Crippen LogP contribution in [0.4, 0.5) is 0 Å². The summed E-state index contributed by atoms with van der Waals surface area (Å²) >= 11 is 0. The Hall–Kier alpha value is -3.54. The van der Waals surface area contributed by atoms with Crippen LogP contribution in [0.25, 0.3) is 21.9 Å². The van der Waals surface area contributed by atoms with Crippen molar-refractivity contribution in [2.75, 3.05) is 14.2 Å². The van der Waals surface area contributed by atoms with E-state index in [-0.39, 0.29) is 23.0 Å². The maximum Gasteiger partial charge on any atom is 0.308 e. The highest BCUT2D eigenvalue weighted by atomic mass is 16.6. The number of aryl methyl sites for hydroxylation is 1. The molecule has 0 unspecified atom stereocenters.